The van der Waals surface area contributed by atoms with Crippen LogP contribution in [0.15, 0.2) is 0 Å². The molecule has 0 spiro atoms. The smallest absolute Gasteiger partial charge is 0.325 e. The summed E-state index contributed by atoms with van der Waals surface area (Å²) >= 11 is 2.80. The van der Waals surface area contributed by atoms with Gasteiger partial charge < -0.3 is 10.2 Å². The van der Waals surface area contributed by atoms with Gasteiger partial charge in [0, 0.05) is 0 Å². The van der Waals surface area contributed by atoms with Crippen molar-refractivity contribution in [3.05, 3.63) is 0 Å². The second kappa shape index (κ2) is 23.0. The second-order valence-corrected chi connectivity index (χ2v) is 10.8. The molecule has 0 aromatic carbocycles. The molecule has 3 atom stereocenters. The molecule has 3 unspecified atom stereocenters. The number of aliphatic carboxylic acids is 2. The van der Waals surface area contributed by atoms with Crippen molar-refractivity contribution in [3.8, 4) is 0 Å². The summed E-state index contributed by atoms with van der Waals surface area (Å²) in [5.74, 6) is -1.37. The zero-order valence-corrected chi connectivity index (χ0v) is 24.7. The van der Waals surface area contributed by atoms with Crippen molar-refractivity contribution in [1.29, 1.82) is 0 Å². The molecule has 7 nitrogen and oxygen atoms in total. The standard InChI is InChI=1S/2C8H17.C4H6O7S.2Na/c2*1-4-6-7-8(3)5-2;5-3(6)1-2(4(7)8)12(9,10)11;;/h2*8H,3-7H2,1-2H3;2H,1H2,(H,5,6)(H,7,8)(H,9,10,11);;. The molecule has 0 rings (SSSR count). The topological polar surface area (TPSA) is 129 Å². The minimum atomic E-state index is -4.84. The van der Waals surface area contributed by atoms with E-state index >= 15 is 0 Å². The van der Waals surface area contributed by atoms with E-state index in [0.29, 0.717) is 0 Å². The Bertz CT molecular complexity index is 503. The van der Waals surface area contributed by atoms with Gasteiger partial charge >= 0.3 is 166 Å². The number of unbranched alkanes of at least 4 members (excludes halogenated alkanes) is 2. The van der Waals surface area contributed by atoms with Crippen LogP contribution in [0, 0.1) is 11.8 Å². The number of carboxylic acids is 2. The maximum atomic E-state index is 10.2. The number of carboxylic acid groups (broad SMARTS) is 2. The Morgan fingerprint density at radius 3 is 1.33 bits per heavy atom. The molecule has 3 N–H and O–H groups in total. The molecule has 0 fully saturated rings. The molecule has 0 bridgehead atoms. The van der Waals surface area contributed by atoms with Gasteiger partial charge in [0.25, 0.3) is 10.1 Å². The van der Waals surface area contributed by atoms with Gasteiger partial charge in [0.15, 0.2) is 5.25 Å². The van der Waals surface area contributed by atoms with Crippen molar-refractivity contribution in [1.82, 2.24) is 0 Å². The maximum absolute atomic E-state index is 10.2. The predicted molar refractivity (Wildman–Crippen MR) is 123 cm³/mol. The van der Waals surface area contributed by atoms with Crippen LogP contribution in [0.2, 0.25) is 7.34 Å². The first-order valence-electron chi connectivity index (χ1n) is 11.3. The Hall–Kier alpha value is 0.850. The Balaban J connectivity index is -0.000000371. The first-order valence-corrected chi connectivity index (χ1v) is 15.7. The third-order valence-corrected chi connectivity index (χ3v) is 8.63. The SMILES string of the molecule is CCCCC(CC)[CH2][Na].CCCCC(CC)[CH2][Na].O=C(O)CC(C(=O)O)S(=O)(=O)O. The molecule has 0 aromatic heterocycles. The van der Waals surface area contributed by atoms with Gasteiger partial charge in [-0.25, -0.2) is 0 Å². The van der Waals surface area contributed by atoms with Gasteiger partial charge in [0.05, 0.1) is 6.42 Å². The second-order valence-electron chi connectivity index (χ2n) is 7.59. The van der Waals surface area contributed by atoms with Gasteiger partial charge in [-0.05, 0) is 0 Å². The summed E-state index contributed by atoms with van der Waals surface area (Å²) in [4.78, 5) is 20.0. The number of rotatable bonds is 14. The van der Waals surface area contributed by atoms with Crippen LogP contribution in [-0.4, -0.2) is 96.2 Å². The molecule has 0 saturated heterocycles. The zero-order valence-electron chi connectivity index (χ0n) is 19.9. The van der Waals surface area contributed by atoms with Crippen LogP contribution < -0.4 is 0 Å². The largest absolute Gasteiger partial charge is 0.481 e. The normalized spacial score (nSPS) is 13.8. The molecule has 0 aliphatic carbocycles. The van der Waals surface area contributed by atoms with Crippen molar-refractivity contribution in [2.75, 3.05) is 0 Å². The average Bonchev–Trinajstić information content (AvgIpc) is 2.68. The van der Waals surface area contributed by atoms with Crippen LogP contribution in [-0.2, 0) is 19.7 Å². The summed E-state index contributed by atoms with van der Waals surface area (Å²) in [6.07, 6.45) is 10.3. The van der Waals surface area contributed by atoms with Gasteiger partial charge in [-0.1, -0.05) is 0 Å². The first kappa shape index (κ1) is 35.4. The van der Waals surface area contributed by atoms with E-state index in [-0.39, 0.29) is 0 Å². The Labute approximate surface area is 218 Å². The van der Waals surface area contributed by atoms with Crippen LogP contribution in [0.3, 0.4) is 0 Å². The molecule has 0 heterocycles. The van der Waals surface area contributed by atoms with Crippen LogP contribution in [0.25, 0.3) is 0 Å². The van der Waals surface area contributed by atoms with E-state index in [1.807, 2.05) is 0 Å². The van der Waals surface area contributed by atoms with Crippen LogP contribution in [0.5, 0.6) is 0 Å². The van der Waals surface area contributed by atoms with E-state index in [2.05, 4.69) is 27.7 Å². The molecule has 0 aliphatic heterocycles. The predicted octanol–water partition coefficient (Wildman–Crippen LogP) is 4.38. The van der Waals surface area contributed by atoms with Crippen molar-refractivity contribution in [2.24, 2.45) is 11.8 Å². The first-order chi connectivity index (χ1) is 13.9. The minimum absolute atomic E-state index is 1.07. The molecule has 0 radical (unpaired) electrons. The quantitative estimate of drug-likeness (QED) is 0.254. The van der Waals surface area contributed by atoms with Crippen LogP contribution in [0.4, 0.5) is 0 Å². The summed E-state index contributed by atoms with van der Waals surface area (Å²) in [7, 11) is -4.84. The van der Waals surface area contributed by atoms with Crippen molar-refractivity contribution < 1.29 is 32.8 Å². The summed E-state index contributed by atoms with van der Waals surface area (Å²) in [5.41, 5.74) is 0. The molecule has 0 aromatic rings. The van der Waals surface area contributed by atoms with Crippen molar-refractivity contribution >= 4 is 77.9 Å². The maximum Gasteiger partial charge on any atom is 0.325 e. The molecule has 0 amide bonds. The summed E-state index contributed by atoms with van der Waals surface area (Å²) in [6, 6.07) is 0. The molecular formula is C20H40Na2O7S. The summed E-state index contributed by atoms with van der Waals surface area (Å²) < 4.78 is 31.7. The Morgan fingerprint density at radius 1 is 0.833 bits per heavy atom. The van der Waals surface area contributed by atoms with Gasteiger partial charge in [-0.3, -0.25) is 14.1 Å². The van der Waals surface area contributed by atoms with E-state index in [4.69, 9.17) is 14.8 Å². The third-order valence-electron chi connectivity index (χ3n) is 5.24. The number of hydrogen-bond donors (Lipinski definition) is 3. The molecule has 170 valence electrons. The Kier molecular flexibility index (Phi) is 27.2. The van der Waals surface area contributed by atoms with E-state index in [1.54, 1.807) is 0 Å². The molecule has 0 aliphatic rings. The average molecular weight is 471 g/mol. The van der Waals surface area contributed by atoms with Crippen molar-refractivity contribution in [2.45, 2.75) is 98.1 Å². The fourth-order valence-electron chi connectivity index (χ4n) is 2.86. The van der Waals surface area contributed by atoms with E-state index in [1.165, 1.54) is 115 Å². The van der Waals surface area contributed by atoms with E-state index in [0.717, 1.165) is 11.8 Å². The monoisotopic (exact) mass is 470 g/mol. The zero-order chi connectivity index (χ0) is 24.2. The van der Waals surface area contributed by atoms with Gasteiger partial charge in [0.1, 0.15) is 0 Å². The minimum Gasteiger partial charge on any atom is -0.481 e. The fraction of sp³-hybridized carbons (Fsp3) is 0.900. The summed E-state index contributed by atoms with van der Waals surface area (Å²) in [5, 5.41) is 13.9. The van der Waals surface area contributed by atoms with Crippen LogP contribution >= 0.6 is 0 Å². The third kappa shape index (κ3) is 23.5. The number of carbonyl (C=O) groups is 2. The molecule has 0 saturated carbocycles. The van der Waals surface area contributed by atoms with Crippen LogP contribution in [0.1, 0.15) is 85.5 Å². The fourth-order valence-corrected chi connectivity index (χ4v) is 5.44. The summed E-state index contributed by atoms with van der Waals surface area (Å²) in [6.45, 7) is 9.19. The molecule has 10 heteroatoms. The van der Waals surface area contributed by atoms with Gasteiger partial charge in [0.2, 0.25) is 0 Å². The van der Waals surface area contributed by atoms with Gasteiger partial charge in [-0.15, -0.1) is 0 Å². The number of hydrogen-bond acceptors (Lipinski definition) is 4. The molecule has 30 heavy (non-hydrogen) atoms. The van der Waals surface area contributed by atoms with Crippen molar-refractivity contribution in [3.63, 3.8) is 0 Å². The molecular weight excluding hydrogens is 430 g/mol. The Morgan fingerprint density at radius 2 is 1.20 bits per heavy atom. The van der Waals surface area contributed by atoms with E-state index < -0.39 is 33.7 Å². The van der Waals surface area contributed by atoms with Gasteiger partial charge in [-0.2, -0.15) is 8.42 Å². The van der Waals surface area contributed by atoms with E-state index in [9.17, 15) is 18.0 Å².